The zero-order chi connectivity index (χ0) is 11.5. The van der Waals surface area contributed by atoms with Gasteiger partial charge in [0, 0.05) is 0 Å². The third kappa shape index (κ3) is 1.76. The number of hydrogen-bond donors (Lipinski definition) is 1. The van der Waals surface area contributed by atoms with Crippen molar-refractivity contribution < 1.29 is 4.39 Å². The van der Waals surface area contributed by atoms with E-state index in [1.807, 2.05) is 6.92 Å². The molecule has 84 valence electrons. The van der Waals surface area contributed by atoms with Gasteiger partial charge in [0.05, 0.1) is 12.2 Å². The minimum atomic E-state index is -0.474. The molecule has 2 heterocycles. The molecule has 0 saturated heterocycles. The molecule has 2 rings (SSSR count). The zero-order valence-corrected chi connectivity index (χ0v) is 8.76. The monoisotopic (exact) mass is 222 g/mol. The van der Waals surface area contributed by atoms with Crippen molar-refractivity contribution in [2.24, 2.45) is 5.73 Å². The largest absolute Gasteiger partial charge is 0.324 e. The van der Waals surface area contributed by atoms with Crippen LogP contribution in [0.25, 0.3) is 5.82 Å². The molecule has 2 aromatic rings. The standard InChI is InChI=1S/C9H11FN6/c1-2-6-8(10)9(13-4-12-6)16-5-14-7(3-11)15-16/h4-5H,2-3,11H2,1H3. The van der Waals surface area contributed by atoms with Gasteiger partial charge in [0.25, 0.3) is 0 Å². The van der Waals surface area contributed by atoms with Crippen LogP contribution >= 0.6 is 0 Å². The van der Waals surface area contributed by atoms with Gasteiger partial charge < -0.3 is 5.73 Å². The third-order valence-corrected chi connectivity index (χ3v) is 2.12. The van der Waals surface area contributed by atoms with Crippen LogP contribution in [-0.2, 0) is 13.0 Å². The fraction of sp³-hybridized carbons (Fsp3) is 0.333. The van der Waals surface area contributed by atoms with Crippen LogP contribution in [0.2, 0.25) is 0 Å². The van der Waals surface area contributed by atoms with Gasteiger partial charge >= 0.3 is 0 Å². The first-order chi connectivity index (χ1) is 7.76. The van der Waals surface area contributed by atoms with Gasteiger partial charge in [-0.3, -0.25) is 0 Å². The van der Waals surface area contributed by atoms with Gasteiger partial charge in [0.1, 0.15) is 12.7 Å². The molecule has 2 N–H and O–H groups in total. The number of nitrogens with two attached hydrogens (primary N) is 1. The Hall–Kier alpha value is -1.89. The highest BCUT2D eigenvalue weighted by molar-refractivity contribution is 5.24. The van der Waals surface area contributed by atoms with E-state index in [2.05, 4.69) is 20.1 Å². The molecule has 0 atom stereocenters. The van der Waals surface area contributed by atoms with Crippen molar-refractivity contribution in [3.05, 3.63) is 30.0 Å². The molecule has 0 amide bonds. The molecule has 0 spiro atoms. The van der Waals surface area contributed by atoms with E-state index in [0.29, 0.717) is 17.9 Å². The number of aromatic nitrogens is 5. The summed E-state index contributed by atoms with van der Waals surface area (Å²) in [6.07, 6.45) is 3.19. The topological polar surface area (TPSA) is 82.5 Å². The lowest BCUT2D eigenvalue weighted by atomic mass is 10.3. The summed E-state index contributed by atoms with van der Waals surface area (Å²) in [5.74, 6) is 0.0635. The molecule has 0 aliphatic heterocycles. The Bertz CT molecular complexity index is 494. The van der Waals surface area contributed by atoms with Crippen LogP contribution in [0.5, 0.6) is 0 Å². The number of rotatable bonds is 3. The van der Waals surface area contributed by atoms with E-state index in [0.717, 1.165) is 0 Å². The highest BCUT2D eigenvalue weighted by Gasteiger charge is 2.12. The van der Waals surface area contributed by atoms with Crippen molar-refractivity contribution in [1.29, 1.82) is 0 Å². The lowest BCUT2D eigenvalue weighted by Crippen LogP contribution is -2.07. The summed E-state index contributed by atoms with van der Waals surface area (Å²) < 4.78 is 15.1. The van der Waals surface area contributed by atoms with Gasteiger partial charge in [-0.2, -0.15) is 4.68 Å². The molecule has 2 aromatic heterocycles. The number of aryl methyl sites for hydroxylation is 1. The molecule has 0 aliphatic rings. The normalized spacial score (nSPS) is 10.7. The predicted molar refractivity (Wildman–Crippen MR) is 54.2 cm³/mol. The quantitative estimate of drug-likeness (QED) is 0.803. The Morgan fingerprint density at radius 3 is 2.81 bits per heavy atom. The van der Waals surface area contributed by atoms with Crippen molar-refractivity contribution >= 4 is 0 Å². The highest BCUT2D eigenvalue weighted by atomic mass is 19.1. The van der Waals surface area contributed by atoms with E-state index in [1.165, 1.54) is 17.3 Å². The minimum absolute atomic E-state index is 0.0963. The lowest BCUT2D eigenvalue weighted by molar-refractivity contribution is 0.573. The Morgan fingerprint density at radius 2 is 2.19 bits per heavy atom. The molecule has 0 aromatic carbocycles. The minimum Gasteiger partial charge on any atom is -0.324 e. The maximum Gasteiger partial charge on any atom is 0.194 e. The summed E-state index contributed by atoms with van der Waals surface area (Å²) in [5.41, 5.74) is 5.73. The van der Waals surface area contributed by atoms with Crippen LogP contribution in [0.3, 0.4) is 0 Å². The second-order valence-corrected chi connectivity index (χ2v) is 3.12. The zero-order valence-electron chi connectivity index (χ0n) is 8.76. The van der Waals surface area contributed by atoms with Gasteiger partial charge in [-0.1, -0.05) is 6.92 Å². The summed E-state index contributed by atoms with van der Waals surface area (Å²) in [7, 11) is 0. The summed E-state index contributed by atoms with van der Waals surface area (Å²) in [5, 5.41) is 3.99. The smallest absolute Gasteiger partial charge is 0.194 e. The molecule has 0 fully saturated rings. The molecule has 0 saturated carbocycles. The van der Waals surface area contributed by atoms with Crippen molar-refractivity contribution in [3.63, 3.8) is 0 Å². The Morgan fingerprint density at radius 1 is 1.38 bits per heavy atom. The van der Waals surface area contributed by atoms with Crippen LogP contribution in [-0.4, -0.2) is 24.7 Å². The SMILES string of the molecule is CCc1ncnc(-n2cnc(CN)n2)c1F. The summed E-state index contributed by atoms with van der Waals surface area (Å²) >= 11 is 0. The average molecular weight is 222 g/mol. The number of halogens is 1. The van der Waals surface area contributed by atoms with E-state index in [-0.39, 0.29) is 12.4 Å². The van der Waals surface area contributed by atoms with Gasteiger partial charge in [0.2, 0.25) is 0 Å². The van der Waals surface area contributed by atoms with Crippen LogP contribution in [0.15, 0.2) is 12.7 Å². The molecular weight excluding hydrogens is 211 g/mol. The van der Waals surface area contributed by atoms with E-state index < -0.39 is 5.82 Å². The molecular formula is C9H11FN6. The highest BCUT2D eigenvalue weighted by Crippen LogP contribution is 2.11. The van der Waals surface area contributed by atoms with E-state index >= 15 is 0 Å². The van der Waals surface area contributed by atoms with Crippen molar-refractivity contribution in [3.8, 4) is 5.82 Å². The van der Waals surface area contributed by atoms with Crippen LogP contribution < -0.4 is 5.73 Å². The van der Waals surface area contributed by atoms with Gasteiger partial charge in [-0.05, 0) is 6.42 Å². The number of nitrogens with zero attached hydrogens (tertiary/aromatic N) is 5. The van der Waals surface area contributed by atoms with E-state index in [9.17, 15) is 4.39 Å². The van der Waals surface area contributed by atoms with Crippen LogP contribution in [0, 0.1) is 5.82 Å². The van der Waals surface area contributed by atoms with Gasteiger partial charge in [-0.15, -0.1) is 5.10 Å². The second-order valence-electron chi connectivity index (χ2n) is 3.12. The Balaban J connectivity index is 2.47. The Labute approximate surface area is 91.4 Å². The fourth-order valence-corrected chi connectivity index (χ4v) is 1.29. The first-order valence-electron chi connectivity index (χ1n) is 4.86. The van der Waals surface area contributed by atoms with Crippen molar-refractivity contribution in [2.75, 3.05) is 0 Å². The average Bonchev–Trinajstić information content (AvgIpc) is 2.78. The molecule has 0 unspecified atom stereocenters. The molecule has 16 heavy (non-hydrogen) atoms. The lowest BCUT2D eigenvalue weighted by Gasteiger charge is -2.03. The molecule has 7 heteroatoms. The predicted octanol–water partition coefficient (Wildman–Crippen LogP) is 0.217. The fourth-order valence-electron chi connectivity index (χ4n) is 1.29. The summed E-state index contributed by atoms with van der Waals surface area (Å²) in [6.45, 7) is 2.03. The van der Waals surface area contributed by atoms with Gasteiger partial charge in [0.15, 0.2) is 17.5 Å². The first-order valence-corrected chi connectivity index (χ1v) is 4.86. The third-order valence-electron chi connectivity index (χ3n) is 2.12. The molecule has 6 nitrogen and oxygen atoms in total. The maximum atomic E-state index is 13.8. The number of hydrogen-bond acceptors (Lipinski definition) is 5. The summed E-state index contributed by atoms with van der Waals surface area (Å²) in [6, 6.07) is 0. The molecule has 0 aliphatic carbocycles. The van der Waals surface area contributed by atoms with Crippen LogP contribution in [0.1, 0.15) is 18.4 Å². The molecule has 0 bridgehead atoms. The van der Waals surface area contributed by atoms with Crippen molar-refractivity contribution in [2.45, 2.75) is 19.9 Å². The Kier molecular flexibility index (Phi) is 2.86. The van der Waals surface area contributed by atoms with Crippen molar-refractivity contribution in [1.82, 2.24) is 24.7 Å². The molecule has 0 radical (unpaired) electrons. The second kappa shape index (κ2) is 4.31. The van der Waals surface area contributed by atoms with E-state index in [4.69, 9.17) is 5.73 Å². The maximum absolute atomic E-state index is 13.8. The van der Waals surface area contributed by atoms with Gasteiger partial charge in [-0.25, -0.2) is 19.3 Å². The van der Waals surface area contributed by atoms with E-state index in [1.54, 1.807) is 0 Å². The first kappa shape index (κ1) is 10.6. The summed E-state index contributed by atoms with van der Waals surface area (Å²) in [4.78, 5) is 11.6. The van der Waals surface area contributed by atoms with Crippen LogP contribution in [0.4, 0.5) is 4.39 Å².